The summed E-state index contributed by atoms with van der Waals surface area (Å²) in [6.07, 6.45) is 4.32. The standard InChI is InChI=1S/C17H11BrN4O4/c18-13-6-12(8-19-9-13)17(23)21-20-10-15-4-5-16(26-15)11-2-1-3-14(7-11)22(24)25/h1-10H,(H,21,23)/b20-10+. The van der Waals surface area contributed by atoms with Crippen LogP contribution in [-0.4, -0.2) is 22.0 Å². The highest BCUT2D eigenvalue weighted by molar-refractivity contribution is 9.10. The summed E-state index contributed by atoms with van der Waals surface area (Å²) in [7, 11) is 0. The van der Waals surface area contributed by atoms with Gasteiger partial charge in [-0.2, -0.15) is 5.10 Å². The van der Waals surface area contributed by atoms with Crippen LogP contribution in [0.15, 0.2) is 68.8 Å². The molecule has 0 fully saturated rings. The second-order valence-electron chi connectivity index (χ2n) is 5.10. The molecule has 3 aromatic rings. The number of pyridine rings is 1. The number of nitro groups is 1. The van der Waals surface area contributed by atoms with Crippen molar-refractivity contribution in [3.05, 3.63) is 80.8 Å². The van der Waals surface area contributed by atoms with Crippen LogP contribution in [0.25, 0.3) is 11.3 Å². The van der Waals surface area contributed by atoms with Gasteiger partial charge in [0.1, 0.15) is 11.5 Å². The van der Waals surface area contributed by atoms with Crippen molar-refractivity contribution in [2.75, 3.05) is 0 Å². The van der Waals surface area contributed by atoms with E-state index in [-0.39, 0.29) is 5.69 Å². The van der Waals surface area contributed by atoms with Gasteiger partial charge in [0.25, 0.3) is 11.6 Å². The third-order valence-corrected chi connectivity index (χ3v) is 3.73. The topological polar surface area (TPSA) is 111 Å². The van der Waals surface area contributed by atoms with Crippen molar-refractivity contribution in [1.82, 2.24) is 10.4 Å². The van der Waals surface area contributed by atoms with Gasteiger partial charge in [-0.25, -0.2) is 5.43 Å². The number of benzene rings is 1. The molecule has 0 aliphatic rings. The maximum Gasteiger partial charge on any atom is 0.272 e. The van der Waals surface area contributed by atoms with Crippen molar-refractivity contribution in [3.63, 3.8) is 0 Å². The molecule has 1 amide bonds. The van der Waals surface area contributed by atoms with Crippen LogP contribution in [0.4, 0.5) is 5.69 Å². The molecule has 3 rings (SSSR count). The number of hydrazone groups is 1. The van der Waals surface area contributed by atoms with Crippen LogP contribution in [0, 0.1) is 10.1 Å². The molecule has 2 heterocycles. The molecule has 130 valence electrons. The number of rotatable bonds is 5. The zero-order chi connectivity index (χ0) is 18.5. The molecule has 8 nitrogen and oxygen atoms in total. The van der Waals surface area contributed by atoms with Crippen LogP contribution in [0.1, 0.15) is 16.1 Å². The molecule has 0 spiro atoms. The minimum Gasteiger partial charge on any atom is -0.455 e. The van der Waals surface area contributed by atoms with Gasteiger partial charge in [0, 0.05) is 34.6 Å². The summed E-state index contributed by atoms with van der Waals surface area (Å²) in [4.78, 5) is 26.2. The fourth-order valence-corrected chi connectivity index (χ4v) is 2.47. The summed E-state index contributed by atoms with van der Waals surface area (Å²) in [6.45, 7) is 0. The zero-order valence-electron chi connectivity index (χ0n) is 13.1. The average molecular weight is 415 g/mol. The summed E-state index contributed by atoms with van der Waals surface area (Å²) in [5.74, 6) is 0.428. The van der Waals surface area contributed by atoms with E-state index in [2.05, 4.69) is 31.4 Å². The first-order valence-electron chi connectivity index (χ1n) is 7.31. The summed E-state index contributed by atoms with van der Waals surface area (Å²) < 4.78 is 6.25. The Kier molecular flexibility index (Phi) is 5.18. The molecule has 0 unspecified atom stereocenters. The molecule has 0 saturated carbocycles. The van der Waals surface area contributed by atoms with E-state index in [9.17, 15) is 14.9 Å². The van der Waals surface area contributed by atoms with Crippen LogP contribution in [-0.2, 0) is 0 Å². The van der Waals surface area contributed by atoms with Crippen molar-refractivity contribution in [3.8, 4) is 11.3 Å². The summed E-state index contributed by atoms with van der Waals surface area (Å²) in [5.41, 5.74) is 3.27. The lowest BCUT2D eigenvalue weighted by atomic mass is 10.1. The highest BCUT2D eigenvalue weighted by atomic mass is 79.9. The van der Waals surface area contributed by atoms with Gasteiger partial charge in [0.15, 0.2) is 0 Å². The van der Waals surface area contributed by atoms with Crippen molar-refractivity contribution in [2.24, 2.45) is 5.10 Å². The van der Waals surface area contributed by atoms with Crippen molar-refractivity contribution in [2.45, 2.75) is 0 Å². The molecule has 0 radical (unpaired) electrons. The molecule has 1 aromatic carbocycles. The zero-order valence-corrected chi connectivity index (χ0v) is 14.7. The smallest absolute Gasteiger partial charge is 0.272 e. The van der Waals surface area contributed by atoms with Crippen molar-refractivity contribution >= 4 is 33.7 Å². The predicted octanol–water partition coefficient (Wildman–Crippen LogP) is 3.78. The van der Waals surface area contributed by atoms with E-state index in [0.717, 1.165) is 0 Å². The number of non-ortho nitro benzene ring substituents is 1. The number of hydrogen-bond acceptors (Lipinski definition) is 6. The van der Waals surface area contributed by atoms with E-state index in [0.29, 0.717) is 27.1 Å². The summed E-state index contributed by atoms with van der Waals surface area (Å²) in [6, 6.07) is 11.0. The number of nitrogens with one attached hydrogen (secondary N) is 1. The Balaban J connectivity index is 1.68. The Labute approximate surface area is 155 Å². The van der Waals surface area contributed by atoms with Crippen LogP contribution in [0.3, 0.4) is 0 Å². The quantitative estimate of drug-likeness (QED) is 0.387. The summed E-state index contributed by atoms with van der Waals surface area (Å²) >= 11 is 3.24. The minimum atomic E-state index is -0.471. The summed E-state index contributed by atoms with van der Waals surface area (Å²) in [5, 5.41) is 14.7. The Morgan fingerprint density at radius 3 is 2.88 bits per heavy atom. The van der Waals surface area contributed by atoms with E-state index in [4.69, 9.17) is 4.42 Å². The second kappa shape index (κ2) is 7.70. The van der Waals surface area contributed by atoms with E-state index < -0.39 is 10.8 Å². The largest absolute Gasteiger partial charge is 0.455 e. The van der Waals surface area contributed by atoms with E-state index >= 15 is 0 Å². The lowest BCUT2D eigenvalue weighted by Crippen LogP contribution is -2.17. The molecular weight excluding hydrogens is 404 g/mol. The number of hydrogen-bond donors (Lipinski definition) is 1. The lowest BCUT2D eigenvalue weighted by Gasteiger charge is -1.99. The van der Waals surface area contributed by atoms with Crippen LogP contribution >= 0.6 is 15.9 Å². The molecule has 0 saturated heterocycles. The van der Waals surface area contributed by atoms with Crippen molar-refractivity contribution in [1.29, 1.82) is 0 Å². The third kappa shape index (κ3) is 4.19. The maximum atomic E-state index is 11.9. The molecule has 2 aromatic heterocycles. The first-order valence-corrected chi connectivity index (χ1v) is 8.11. The number of furan rings is 1. The Morgan fingerprint density at radius 2 is 2.12 bits per heavy atom. The number of nitro benzene ring substituents is 1. The fourth-order valence-electron chi connectivity index (χ4n) is 2.11. The van der Waals surface area contributed by atoms with E-state index in [1.807, 2.05) is 0 Å². The SMILES string of the molecule is O=C(N/N=C/c1ccc(-c2cccc([N+](=O)[O-])c2)o1)c1cncc(Br)c1. The fraction of sp³-hybridized carbons (Fsp3) is 0. The highest BCUT2D eigenvalue weighted by Gasteiger charge is 2.10. The van der Waals surface area contributed by atoms with Gasteiger partial charge in [-0.05, 0) is 34.1 Å². The molecule has 26 heavy (non-hydrogen) atoms. The van der Waals surface area contributed by atoms with Crippen LogP contribution in [0.2, 0.25) is 0 Å². The van der Waals surface area contributed by atoms with E-state index in [1.54, 1.807) is 36.5 Å². The van der Waals surface area contributed by atoms with Gasteiger partial charge in [0.05, 0.1) is 16.7 Å². The number of aromatic nitrogens is 1. The molecule has 9 heteroatoms. The van der Waals surface area contributed by atoms with Gasteiger partial charge in [-0.1, -0.05) is 12.1 Å². The van der Waals surface area contributed by atoms with Crippen LogP contribution in [0.5, 0.6) is 0 Å². The number of nitrogens with zero attached hydrogens (tertiary/aromatic N) is 3. The number of halogens is 1. The van der Waals surface area contributed by atoms with Gasteiger partial charge in [-0.3, -0.25) is 19.9 Å². The molecule has 0 bridgehead atoms. The Bertz CT molecular complexity index is 1000. The molecule has 1 N–H and O–H groups in total. The monoisotopic (exact) mass is 414 g/mol. The first-order chi connectivity index (χ1) is 12.5. The maximum absolute atomic E-state index is 11.9. The number of carbonyl (C=O) groups is 1. The predicted molar refractivity (Wildman–Crippen MR) is 97.8 cm³/mol. The second-order valence-corrected chi connectivity index (χ2v) is 6.02. The molecule has 0 atom stereocenters. The highest BCUT2D eigenvalue weighted by Crippen LogP contribution is 2.25. The van der Waals surface area contributed by atoms with Gasteiger partial charge >= 0.3 is 0 Å². The van der Waals surface area contributed by atoms with Gasteiger partial charge in [-0.15, -0.1) is 0 Å². The third-order valence-electron chi connectivity index (χ3n) is 3.29. The number of amides is 1. The van der Waals surface area contributed by atoms with Gasteiger partial charge < -0.3 is 4.42 Å². The molecule has 0 aliphatic carbocycles. The van der Waals surface area contributed by atoms with E-state index in [1.165, 1.54) is 24.5 Å². The van der Waals surface area contributed by atoms with Gasteiger partial charge in [0.2, 0.25) is 0 Å². The normalized spacial score (nSPS) is 10.8. The minimum absolute atomic E-state index is 0.0241. The average Bonchev–Trinajstić information content (AvgIpc) is 3.10. The lowest BCUT2D eigenvalue weighted by molar-refractivity contribution is -0.384. The Hall–Kier alpha value is -3.33. The van der Waals surface area contributed by atoms with Crippen LogP contribution < -0.4 is 5.43 Å². The molecule has 0 aliphatic heterocycles. The first kappa shape index (κ1) is 17.5. The number of carbonyl (C=O) groups excluding carboxylic acids is 1. The molecular formula is C17H11BrN4O4. The van der Waals surface area contributed by atoms with Crippen molar-refractivity contribution < 1.29 is 14.1 Å². The Morgan fingerprint density at radius 1 is 1.27 bits per heavy atom.